The van der Waals surface area contributed by atoms with Crippen molar-refractivity contribution in [1.29, 1.82) is 0 Å². The van der Waals surface area contributed by atoms with E-state index in [-0.39, 0.29) is 62.8 Å². The van der Waals surface area contributed by atoms with Gasteiger partial charge in [0.2, 0.25) is 5.91 Å². The standard InChI is InChI=1S/C43H63NO5/c1-38(2)23-25-43(37(48)44-27-13-9-12-16-35(45)46)26-24-41(6)30(31(43)28-38)17-18-33-40(5)21-20-34(49-36(47)29-14-10-8-11-15-29)39(3,4)32(40)19-22-42(33,41)7/h8,10-11,14-15,17,31-34H,9,12-13,16,18-28H2,1-7H3,(H,44,48)(H,45,46)/t31?,32?,33?,34-,40-,41+,42+,43-/m0/s1. The van der Waals surface area contributed by atoms with Crippen LogP contribution in [0, 0.1) is 50.2 Å². The van der Waals surface area contributed by atoms with Crippen molar-refractivity contribution in [3.63, 3.8) is 0 Å². The molecule has 6 heteroatoms. The third kappa shape index (κ3) is 5.99. The molecule has 6 nitrogen and oxygen atoms in total. The number of fused-ring (bicyclic) bond motifs is 7. The fourth-order valence-corrected chi connectivity index (χ4v) is 12.6. The first-order chi connectivity index (χ1) is 23.0. The van der Waals surface area contributed by atoms with Crippen LogP contribution in [0.15, 0.2) is 42.0 Å². The van der Waals surface area contributed by atoms with Crippen LogP contribution in [0.5, 0.6) is 0 Å². The molecule has 0 spiro atoms. The Morgan fingerprint density at radius 3 is 2.27 bits per heavy atom. The molecule has 1 aromatic rings. The Labute approximate surface area is 295 Å². The molecule has 4 fully saturated rings. The molecule has 0 saturated heterocycles. The molecule has 6 rings (SSSR count). The fraction of sp³-hybridized carbons (Fsp3) is 0.744. The van der Waals surface area contributed by atoms with Crippen molar-refractivity contribution in [3.05, 3.63) is 47.5 Å². The van der Waals surface area contributed by atoms with Gasteiger partial charge in [-0.3, -0.25) is 9.59 Å². The molecule has 0 bridgehead atoms. The van der Waals surface area contributed by atoms with E-state index in [9.17, 15) is 14.4 Å². The van der Waals surface area contributed by atoms with E-state index in [1.165, 1.54) is 6.42 Å². The summed E-state index contributed by atoms with van der Waals surface area (Å²) in [4.78, 5) is 38.4. The first-order valence-corrected chi connectivity index (χ1v) is 19.5. The smallest absolute Gasteiger partial charge is 0.338 e. The Kier molecular flexibility index (Phi) is 9.49. The quantitative estimate of drug-likeness (QED) is 0.155. The van der Waals surface area contributed by atoms with E-state index in [0.717, 1.165) is 70.6 Å². The second kappa shape index (κ2) is 12.9. The summed E-state index contributed by atoms with van der Waals surface area (Å²) in [5.41, 5.74) is 2.27. The van der Waals surface area contributed by atoms with Gasteiger partial charge in [-0.15, -0.1) is 0 Å². The summed E-state index contributed by atoms with van der Waals surface area (Å²) < 4.78 is 6.31. The third-order valence-electron chi connectivity index (χ3n) is 15.6. The summed E-state index contributed by atoms with van der Waals surface area (Å²) in [6, 6.07) is 9.43. The van der Waals surface area contributed by atoms with Crippen molar-refractivity contribution in [2.45, 2.75) is 144 Å². The van der Waals surface area contributed by atoms with Gasteiger partial charge in [0.05, 0.1) is 11.0 Å². The van der Waals surface area contributed by atoms with E-state index in [0.29, 0.717) is 30.4 Å². The molecule has 5 aliphatic carbocycles. The van der Waals surface area contributed by atoms with Crippen molar-refractivity contribution in [2.24, 2.45) is 50.2 Å². The molecule has 270 valence electrons. The zero-order valence-corrected chi connectivity index (χ0v) is 31.5. The second-order valence-electron chi connectivity index (χ2n) is 19.0. The van der Waals surface area contributed by atoms with Crippen LogP contribution in [0.2, 0.25) is 0 Å². The number of rotatable bonds is 9. The first-order valence-electron chi connectivity index (χ1n) is 19.5. The molecule has 2 N–H and O–H groups in total. The highest BCUT2D eigenvalue weighted by molar-refractivity contribution is 5.89. The molecule has 8 atom stereocenters. The number of carboxylic acid groups (broad SMARTS) is 1. The van der Waals surface area contributed by atoms with Gasteiger partial charge in [-0.25, -0.2) is 4.79 Å². The van der Waals surface area contributed by atoms with E-state index in [4.69, 9.17) is 9.84 Å². The zero-order valence-electron chi connectivity index (χ0n) is 31.5. The van der Waals surface area contributed by atoms with Crippen molar-refractivity contribution >= 4 is 17.8 Å². The van der Waals surface area contributed by atoms with E-state index in [2.05, 4.69) is 59.9 Å². The summed E-state index contributed by atoms with van der Waals surface area (Å²) >= 11 is 0. The minimum Gasteiger partial charge on any atom is -0.481 e. The number of benzene rings is 1. The minimum atomic E-state index is -0.749. The molecule has 49 heavy (non-hydrogen) atoms. The molecule has 0 radical (unpaired) electrons. The highest BCUT2D eigenvalue weighted by Crippen LogP contribution is 2.75. The Morgan fingerprint density at radius 1 is 0.837 bits per heavy atom. The van der Waals surface area contributed by atoms with Crippen LogP contribution < -0.4 is 5.32 Å². The van der Waals surface area contributed by atoms with E-state index < -0.39 is 5.97 Å². The summed E-state index contributed by atoms with van der Waals surface area (Å²) in [5, 5.41) is 12.3. The number of unbranched alkanes of at least 4 members (excludes halogenated alkanes) is 2. The number of esters is 1. The number of carboxylic acids is 1. The van der Waals surface area contributed by atoms with Crippen molar-refractivity contribution in [3.8, 4) is 0 Å². The molecule has 0 heterocycles. The minimum absolute atomic E-state index is 0.0450. The number of nitrogens with one attached hydrogen (secondary N) is 1. The second-order valence-corrected chi connectivity index (χ2v) is 19.0. The maximum Gasteiger partial charge on any atom is 0.338 e. The summed E-state index contributed by atoms with van der Waals surface area (Å²) in [7, 11) is 0. The topological polar surface area (TPSA) is 92.7 Å². The average molecular weight is 674 g/mol. The van der Waals surface area contributed by atoms with E-state index in [1.807, 2.05) is 30.3 Å². The molecular weight excluding hydrogens is 610 g/mol. The van der Waals surface area contributed by atoms with Crippen LogP contribution in [0.1, 0.15) is 149 Å². The van der Waals surface area contributed by atoms with Crippen LogP contribution in [-0.4, -0.2) is 35.6 Å². The lowest BCUT2D eigenvalue weighted by Crippen LogP contribution is -2.65. The lowest BCUT2D eigenvalue weighted by atomic mass is 9.33. The number of hydrogen-bond acceptors (Lipinski definition) is 4. The van der Waals surface area contributed by atoms with Gasteiger partial charge >= 0.3 is 11.9 Å². The monoisotopic (exact) mass is 673 g/mol. The highest BCUT2D eigenvalue weighted by Gasteiger charge is 2.69. The Balaban J connectivity index is 1.24. The van der Waals surface area contributed by atoms with Gasteiger partial charge in [0.1, 0.15) is 6.10 Å². The normalized spacial score (nSPS) is 38.8. The average Bonchev–Trinajstić information content (AvgIpc) is 3.04. The molecule has 5 aliphatic rings. The fourth-order valence-electron chi connectivity index (χ4n) is 12.6. The lowest BCUT2D eigenvalue weighted by molar-refractivity contribution is -0.204. The first kappa shape index (κ1) is 36.2. The van der Waals surface area contributed by atoms with Crippen molar-refractivity contribution < 1.29 is 24.2 Å². The molecule has 1 aromatic carbocycles. The SMILES string of the molecule is CC1(C)CC[C@]2(C(=O)NCCCCCC(=O)O)CC[C@]3(C)C(=CCC4[C@@]5(C)CC[C@H](OC(=O)c6ccccc6)C(C)(C)C5CC[C@]43C)C2C1. The van der Waals surface area contributed by atoms with Crippen LogP contribution in [-0.2, 0) is 14.3 Å². The van der Waals surface area contributed by atoms with Crippen LogP contribution in [0.4, 0.5) is 0 Å². The highest BCUT2D eigenvalue weighted by atomic mass is 16.5. The van der Waals surface area contributed by atoms with Gasteiger partial charge in [0.15, 0.2) is 0 Å². The van der Waals surface area contributed by atoms with Gasteiger partial charge < -0.3 is 15.2 Å². The number of ether oxygens (including phenoxy) is 1. The predicted octanol–water partition coefficient (Wildman–Crippen LogP) is 9.77. The van der Waals surface area contributed by atoms with E-state index >= 15 is 0 Å². The largest absolute Gasteiger partial charge is 0.481 e. The Hall–Kier alpha value is -2.63. The third-order valence-corrected chi connectivity index (χ3v) is 15.6. The molecule has 1 amide bonds. The molecule has 0 aliphatic heterocycles. The number of allylic oxidation sites excluding steroid dienone is 2. The van der Waals surface area contributed by atoms with Crippen molar-refractivity contribution in [2.75, 3.05) is 6.54 Å². The van der Waals surface area contributed by atoms with Gasteiger partial charge in [0, 0.05) is 18.4 Å². The van der Waals surface area contributed by atoms with Gasteiger partial charge in [-0.1, -0.05) is 84.7 Å². The van der Waals surface area contributed by atoms with Gasteiger partial charge in [-0.2, -0.15) is 0 Å². The van der Waals surface area contributed by atoms with E-state index in [1.54, 1.807) is 5.57 Å². The molecule has 0 aromatic heterocycles. The van der Waals surface area contributed by atoms with Crippen LogP contribution in [0.3, 0.4) is 0 Å². The number of amides is 1. The number of carbonyl (C=O) groups excluding carboxylic acids is 2. The van der Waals surface area contributed by atoms with Gasteiger partial charge in [0.25, 0.3) is 0 Å². The van der Waals surface area contributed by atoms with Crippen LogP contribution in [0.25, 0.3) is 0 Å². The maximum atomic E-state index is 14.3. The lowest BCUT2D eigenvalue weighted by Gasteiger charge is -2.71. The number of aliphatic carboxylic acids is 1. The summed E-state index contributed by atoms with van der Waals surface area (Å²) in [5.74, 6) is 0.555. The molecular formula is C43H63NO5. The summed E-state index contributed by atoms with van der Waals surface area (Å²) in [6.07, 6.45) is 15.5. The summed E-state index contributed by atoms with van der Waals surface area (Å²) in [6.45, 7) is 17.9. The zero-order chi connectivity index (χ0) is 35.5. The number of carbonyl (C=O) groups is 3. The molecule has 3 unspecified atom stereocenters. The molecule has 4 saturated carbocycles. The predicted molar refractivity (Wildman–Crippen MR) is 194 cm³/mol. The van der Waals surface area contributed by atoms with Gasteiger partial charge in [-0.05, 0) is 129 Å². The van der Waals surface area contributed by atoms with Crippen molar-refractivity contribution in [1.82, 2.24) is 5.32 Å². The maximum absolute atomic E-state index is 14.3. The Bertz CT molecular complexity index is 1460. The Morgan fingerprint density at radius 2 is 1.55 bits per heavy atom. The van der Waals surface area contributed by atoms with Crippen LogP contribution >= 0.6 is 0 Å². The number of hydrogen-bond donors (Lipinski definition) is 2.